The summed E-state index contributed by atoms with van der Waals surface area (Å²) in [4.78, 5) is 21.3. The monoisotopic (exact) mass is 470 g/mol. The molecule has 0 aliphatic heterocycles. The van der Waals surface area contributed by atoms with Gasteiger partial charge in [0.2, 0.25) is 0 Å². The molecule has 176 valence electrons. The Hall–Kier alpha value is -4.02. The lowest BCUT2D eigenvalue weighted by molar-refractivity contribution is -0.137. The van der Waals surface area contributed by atoms with Crippen molar-refractivity contribution in [2.45, 2.75) is 39.4 Å². The van der Waals surface area contributed by atoms with Crippen LogP contribution >= 0.6 is 0 Å². The maximum atomic E-state index is 12.9. The molecule has 8 nitrogen and oxygen atoms in total. The zero-order valence-electron chi connectivity index (χ0n) is 18.6. The zero-order chi connectivity index (χ0) is 24.5. The van der Waals surface area contributed by atoms with E-state index in [4.69, 9.17) is 4.52 Å². The molecule has 4 aromatic rings. The number of carbonyl (C=O) groups excluding carboxylic acids is 1. The fourth-order valence-corrected chi connectivity index (χ4v) is 3.22. The fraction of sp³-hybridized carbons (Fsp3) is 0.261. The van der Waals surface area contributed by atoms with Gasteiger partial charge in [0.25, 0.3) is 11.8 Å². The van der Waals surface area contributed by atoms with Crippen molar-refractivity contribution in [3.05, 3.63) is 77.0 Å². The number of hydrogen-bond acceptors (Lipinski definition) is 6. The fourth-order valence-electron chi connectivity index (χ4n) is 3.22. The molecule has 3 heterocycles. The number of benzene rings is 1. The van der Waals surface area contributed by atoms with Gasteiger partial charge in [0.05, 0.1) is 28.6 Å². The second-order valence-corrected chi connectivity index (χ2v) is 7.95. The smallest absolute Gasteiger partial charge is 0.348 e. The van der Waals surface area contributed by atoms with E-state index < -0.39 is 17.6 Å². The van der Waals surface area contributed by atoms with Crippen LogP contribution in [0, 0.1) is 6.92 Å². The first-order chi connectivity index (χ1) is 16.1. The van der Waals surface area contributed by atoms with E-state index in [1.165, 1.54) is 23.0 Å². The molecule has 0 spiro atoms. The topological polar surface area (TPSA) is 98.7 Å². The second-order valence-electron chi connectivity index (χ2n) is 7.95. The van der Waals surface area contributed by atoms with Crippen molar-refractivity contribution in [2.75, 3.05) is 0 Å². The molecular weight excluding hydrogens is 449 g/mol. The SMILES string of the molecule is Cc1c(C(=O)NCc2cccc(C(F)(F)F)c2)cnn1-c1ccc(-c2nc(C(C)C)no2)cn1. The highest BCUT2D eigenvalue weighted by Crippen LogP contribution is 2.29. The number of alkyl halides is 3. The van der Waals surface area contributed by atoms with E-state index in [1.807, 2.05) is 13.8 Å². The summed E-state index contributed by atoms with van der Waals surface area (Å²) in [6.45, 7) is 5.57. The van der Waals surface area contributed by atoms with Crippen LogP contribution in [0.5, 0.6) is 0 Å². The lowest BCUT2D eigenvalue weighted by Crippen LogP contribution is -2.23. The van der Waals surface area contributed by atoms with Crippen molar-refractivity contribution < 1.29 is 22.5 Å². The molecule has 4 rings (SSSR count). The molecule has 1 N–H and O–H groups in total. The Labute approximate surface area is 192 Å². The molecule has 11 heteroatoms. The van der Waals surface area contributed by atoms with Gasteiger partial charge in [-0.05, 0) is 36.8 Å². The lowest BCUT2D eigenvalue weighted by atomic mass is 10.1. The summed E-state index contributed by atoms with van der Waals surface area (Å²) in [5, 5.41) is 10.8. The van der Waals surface area contributed by atoms with Gasteiger partial charge in [-0.1, -0.05) is 31.1 Å². The zero-order valence-corrected chi connectivity index (χ0v) is 18.6. The predicted octanol–water partition coefficient (Wildman–Crippen LogP) is 4.70. The van der Waals surface area contributed by atoms with Crippen LogP contribution in [0.1, 0.15) is 52.8 Å². The van der Waals surface area contributed by atoms with E-state index >= 15 is 0 Å². The Morgan fingerprint density at radius 1 is 1.18 bits per heavy atom. The molecule has 34 heavy (non-hydrogen) atoms. The van der Waals surface area contributed by atoms with Gasteiger partial charge in [-0.25, -0.2) is 9.67 Å². The Kier molecular flexibility index (Phi) is 6.18. The summed E-state index contributed by atoms with van der Waals surface area (Å²) in [7, 11) is 0. The normalized spacial score (nSPS) is 11.7. The molecule has 0 unspecified atom stereocenters. The molecule has 3 aromatic heterocycles. The molecule has 0 saturated heterocycles. The third-order valence-electron chi connectivity index (χ3n) is 5.13. The van der Waals surface area contributed by atoms with Crippen molar-refractivity contribution >= 4 is 5.91 Å². The second kappa shape index (κ2) is 9.08. The van der Waals surface area contributed by atoms with Crippen molar-refractivity contribution in [2.24, 2.45) is 0 Å². The van der Waals surface area contributed by atoms with Gasteiger partial charge in [-0.2, -0.15) is 23.3 Å². The number of amides is 1. The first-order valence-corrected chi connectivity index (χ1v) is 10.4. The maximum absolute atomic E-state index is 12.9. The van der Waals surface area contributed by atoms with Crippen molar-refractivity contribution in [3.8, 4) is 17.3 Å². The predicted molar refractivity (Wildman–Crippen MR) is 116 cm³/mol. The summed E-state index contributed by atoms with van der Waals surface area (Å²) in [5.41, 5.74) is 1.04. The van der Waals surface area contributed by atoms with Gasteiger partial charge in [-0.3, -0.25) is 4.79 Å². The molecule has 0 radical (unpaired) electrons. The number of aromatic nitrogens is 5. The molecule has 0 aliphatic carbocycles. The van der Waals surface area contributed by atoms with E-state index in [2.05, 4.69) is 25.5 Å². The lowest BCUT2D eigenvalue weighted by Gasteiger charge is -2.10. The highest BCUT2D eigenvalue weighted by atomic mass is 19.4. The van der Waals surface area contributed by atoms with E-state index in [-0.39, 0.29) is 18.0 Å². The van der Waals surface area contributed by atoms with E-state index in [0.29, 0.717) is 34.4 Å². The number of carbonyl (C=O) groups is 1. The van der Waals surface area contributed by atoms with Gasteiger partial charge in [0.1, 0.15) is 0 Å². The third kappa shape index (κ3) is 4.82. The first-order valence-electron chi connectivity index (χ1n) is 10.4. The van der Waals surface area contributed by atoms with Crippen LogP contribution in [0.4, 0.5) is 13.2 Å². The summed E-state index contributed by atoms with van der Waals surface area (Å²) < 4.78 is 45.4. The minimum Gasteiger partial charge on any atom is -0.348 e. The molecule has 0 saturated carbocycles. The Morgan fingerprint density at radius 3 is 2.62 bits per heavy atom. The minimum atomic E-state index is -4.44. The minimum absolute atomic E-state index is 0.0527. The van der Waals surface area contributed by atoms with E-state index in [9.17, 15) is 18.0 Å². The Balaban J connectivity index is 1.46. The van der Waals surface area contributed by atoms with Crippen LogP contribution in [0.2, 0.25) is 0 Å². The molecule has 1 aromatic carbocycles. The summed E-state index contributed by atoms with van der Waals surface area (Å²) in [6.07, 6.45) is -1.48. The average Bonchev–Trinajstić information content (AvgIpc) is 3.45. The number of nitrogens with one attached hydrogen (secondary N) is 1. The van der Waals surface area contributed by atoms with Crippen LogP contribution in [-0.4, -0.2) is 30.8 Å². The Morgan fingerprint density at radius 2 is 1.97 bits per heavy atom. The van der Waals surface area contributed by atoms with Crippen molar-refractivity contribution in [1.29, 1.82) is 0 Å². The largest absolute Gasteiger partial charge is 0.416 e. The van der Waals surface area contributed by atoms with Gasteiger partial charge >= 0.3 is 6.18 Å². The van der Waals surface area contributed by atoms with Gasteiger partial charge in [-0.15, -0.1) is 0 Å². The molecule has 0 fully saturated rings. The number of pyridine rings is 1. The van der Waals surface area contributed by atoms with Crippen LogP contribution in [0.3, 0.4) is 0 Å². The number of hydrogen-bond donors (Lipinski definition) is 1. The Bertz CT molecular complexity index is 1310. The molecule has 0 atom stereocenters. The van der Waals surface area contributed by atoms with Crippen molar-refractivity contribution in [1.82, 2.24) is 30.2 Å². The van der Waals surface area contributed by atoms with Crippen LogP contribution in [0.15, 0.2) is 53.3 Å². The van der Waals surface area contributed by atoms with Crippen LogP contribution in [0.25, 0.3) is 17.3 Å². The molecule has 0 aliphatic rings. The summed E-state index contributed by atoms with van der Waals surface area (Å²) >= 11 is 0. The standard InChI is InChI=1S/C23H21F3N6O2/c1-13(2)20-30-22(34-31-20)16-7-8-19(27-11-16)32-14(3)18(12-29-32)21(33)28-10-15-5-4-6-17(9-15)23(24,25)26/h4-9,11-13H,10H2,1-3H3,(H,28,33). The third-order valence-corrected chi connectivity index (χ3v) is 5.13. The van der Waals surface area contributed by atoms with E-state index in [1.54, 1.807) is 25.3 Å². The highest BCUT2D eigenvalue weighted by molar-refractivity contribution is 5.95. The van der Waals surface area contributed by atoms with Crippen LogP contribution < -0.4 is 5.32 Å². The quantitative estimate of drug-likeness (QED) is 0.439. The summed E-state index contributed by atoms with van der Waals surface area (Å²) in [6, 6.07) is 8.29. The molecular formula is C23H21F3N6O2. The maximum Gasteiger partial charge on any atom is 0.416 e. The molecule has 1 amide bonds. The molecule has 0 bridgehead atoms. The van der Waals surface area contributed by atoms with Gasteiger partial charge < -0.3 is 9.84 Å². The number of halogens is 3. The van der Waals surface area contributed by atoms with E-state index in [0.717, 1.165) is 12.1 Å². The average molecular weight is 470 g/mol. The number of rotatable bonds is 6. The van der Waals surface area contributed by atoms with Gasteiger partial charge in [0.15, 0.2) is 11.6 Å². The first kappa shape index (κ1) is 23.1. The van der Waals surface area contributed by atoms with Gasteiger partial charge in [0, 0.05) is 18.7 Å². The van der Waals surface area contributed by atoms with Crippen LogP contribution in [-0.2, 0) is 12.7 Å². The summed E-state index contributed by atoms with van der Waals surface area (Å²) in [5.74, 6) is 1.11. The van der Waals surface area contributed by atoms with Crippen molar-refractivity contribution in [3.63, 3.8) is 0 Å². The highest BCUT2D eigenvalue weighted by Gasteiger charge is 2.30. The number of nitrogens with zero attached hydrogens (tertiary/aromatic N) is 5.